The van der Waals surface area contributed by atoms with Crippen LogP contribution in [0.4, 0.5) is 0 Å². The number of para-hydroxylation sites is 4. The quantitative estimate of drug-likeness (QED) is 0.155. The molecule has 0 bridgehead atoms. The number of benzene rings is 6. The van der Waals surface area contributed by atoms with Crippen LogP contribution in [0, 0.1) is 0 Å². The van der Waals surface area contributed by atoms with Crippen LogP contribution in [0.1, 0.15) is 0 Å². The van der Waals surface area contributed by atoms with Crippen LogP contribution in [0.3, 0.4) is 0 Å². The van der Waals surface area contributed by atoms with Crippen molar-refractivity contribution in [2.24, 2.45) is 0 Å². The molecule has 61 heavy (non-hydrogen) atoms. The molecule has 7 heterocycles. The van der Waals surface area contributed by atoms with Crippen molar-refractivity contribution in [2.75, 3.05) is 0 Å². The zero-order valence-electron chi connectivity index (χ0n) is 32.1. The minimum Gasteiger partial charge on any atom is -0.360 e. The fourth-order valence-corrected chi connectivity index (χ4v) is 11.2. The molecule has 0 saturated carbocycles. The minimum absolute atomic E-state index is 0.731. The molecule has 0 unspecified atom stereocenters. The van der Waals surface area contributed by atoms with Crippen LogP contribution in [0.25, 0.3) is 131 Å². The number of aromatic nitrogens is 8. The van der Waals surface area contributed by atoms with Crippen molar-refractivity contribution in [3.63, 3.8) is 0 Å². The Bertz CT molecular complexity index is 3820. The number of nitrogens with zero attached hydrogens (tertiary/aromatic N) is 5. The molecule has 13 rings (SSSR count). The highest BCUT2D eigenvalue weighted by Gasteiger charge is 2.33. The van der Waals surface area contributed by atoms with E-state index >= 15 is 0 Å². The third-order valence-electron chi connectivity index (χ3n) is 11.7. The topological polar surface area (TPSA) is 112 Å². The van der Waals surface area contributed by atoms with Gasteiger partial charge in [-0.3, -0.25) is 10.1 Å². The van der Waals surface area contributed by atoms with E-state index in [9.17, 15) is 0 Å². The second-order valence-electron chi connectivity index (χ2n) is 15.2. The number of rotatable bonds is 6. The molecule has 0 aliphatic carbocycles. The molecule has 0 spiro atoms. The summed E-state index contributed by atoms with van der Waals surface area (Å²) >= 11 is 3.50. The molecule has 0 fully saturated rings. The summed E-state index contributed by atoms with van der Waals surface area (Å²) in [6.07, 6.45) is 4.03. The van der Waals surface area contributed by atoms with Gasteiger partial charge in [-0.2, -0.15) is 5.10 Å². The van der Waals surface area contributed by atoms with Gasteiger partial charge in [-0.25, -0.2) is 4.98 Å². The largest absolute Gasteiger partial charge is 0.360 e. The van der Waals surface area contributed by atoms with Gasteiger partial charge in [-0.1, -0.05) is 97.1 Å². The molecule has 0 saturated heterocycles. The first-order valence-electron chi connectivity index (χ1n) is 20.0. The zero-order chi connectivity index (χ0) is 40.0. The van der Waals surface area contributed by atoms with Crippen LogP contribution in [-0.4, -0.2) is 40.3 Å². The van der Waals surface area contributed by atoms with E-state index in [-0.39, 0.29) is 0 Å². The third kappa shape index (κ3) is 5.26. The number of hydrogen-bond donors (Lipinski definition) is 3. The van der Waals surface area contributed by atoms with Gasteiger partial charge >= 0.3 is 0 Å². The van der Waals surface area contributed by atoms with Gasteiger partial charge in [0.2, 0.25) is 0 Å². The Morgan fingerprint density at radius 1 is 0.541 bits per heavy atom. The summed E-state index contributed by atoms with van der Waals surface area (Å²) in [5, 5.41) is 27.1. The van der Waals surface area contributed by atoms with Crippen LogP contribution in [-0.2, 0) is 0 Å². The van der Waals surface area contributed by atoms with Crippen LogP contribution in [0.5, 0.6) is 0 Å². The van der Waals surface area contributed by atoms with Crippen LogP contribution >= 0.6 is 22.7 Å². The van der Waals surface area contributed by atoms with Crippen LogP contribution < -0.4 is 0 Å². The van der Waals surface area contributed by atoms with E-state index in [1.807, 2.05) is 48.7 Å². The van der Waals surface area contributed by atoms with Crippen molar-refractivity contribution in [3.8, 4) is 66.0 Å². The average Bonchev–Trinajstić information content (AvgIpc) is 4.17. The fourth-order valence-electron chi connectivity index (χ4n) is 8.99. The molecule has 0 radical (unpaired) electrons. The van der Waals surface area contributed by atoms with Gasteiger partial charge in [0.25, 0.3) is 0 Å². The molecule has 7 aromatic heterocycles. The second kappa shape index (κ2) is 13.4. The number of nitrogens with one attached hydrogen (secondary N) is 3. The van der Waals surface area contributed by atoms with Gasteiger partial charge < -0.3 is 9.97 Å². The Hall–Kier alpha value is -7.79. The van der Waals surface area contributed by atoms with E-state index in [1.165, 1.54) is 0 Å². The first-order chi connectivity index (χ1) is 30.2. The molecule has 3 N–H and O–H groups in total. The number of hydrogen-bond acceptors (Lipinski definition) is 7. The maximum absolute atomic E-state index is 5.44. The molecular weight excluding hydrogens is 789 g/mol. The van der Waals surface area contributed by atoms with Crippen LogP contribution in [0.2, 0.25) is 0 Å². The SMILES string of the molecule is c1csc(-c2sc3c(-c4cnc5ccccc5n4)c(-c4cc5ccccc5nn4)c(-c4cc5ccccc5[nH]4)c(-c4[nH]cc5ccccc45)c3c2-c2n[nH]c3ccccc23)c1. The normalized spacial score (nSPS) is 11.9. The number of thiophene rings is 2. The van der Waals surface area contributed by atoms with E-state index in [1.54, 1.807) is 22.7 Å². The maximum Gasteiger partial charge on any atom is 0.102 e. The highest BCUT2D eigenvalue weighted by atomic mass is 32.1. The van der Waals surface area contributed by atoms with Crippen LogP contribution in [0.15, 0.2) is 163 Å². The van der Waals surface area contributed by atoms with E-state index < -0.39 is 0 Å². The van der Waals surface area contributed by atoms with Crippen molar-refractivity contribution in [2.45, 2.75) is 0 Å². The predicted molar refractivity (Wildman–Crippen MR) is 252 cm³/mol. The number of H-pyrrole nitrogens is 3. The molecule has 13 aromatic rings. The molecule has 0 aliphatic rings. The van der Waals surface area contributed by atoms with E-state index in [4.69, 9.17) is 25.3 Å². The lowest BCUT2D eigenvalue weighted by atomic mass is 9.84. The van der Waals surface area contributed by atoms with Gasteiger partial charge in [0.05, 0.1) is 50.2 Å². The molecular formula is C51H30N8S2. The Balaban J connectivity index is 1.33. The predicted octanol–water partition coefficient (Wildman–Crippen LogP) is 13.7. The van der Waals surface area contributed by atoms with Crippen molar-refractivity contribution < 1.29 is 0 Å². The van der Waals surface area contributed by atoms with Crippen molar-refractivity contribution in [1.29, 1.82) is 0 Å². The minimum atomic E-state index is 0.731. The number of fused-ring (bicyclic) bond motifs is 6. The van der Waals surface area contributed by atoms with Crippen molar-refractivity contribution >= 4 is 87.3 Å². The number of aromatic amines is 3. The molecule has 0 atom stereocenters. The summed E-state index contributed by atoms with van der Waals surface area (Å²) < 4.78 is 1.05. The fraction of sp³-hybridized carbons (Fsp3) is 0. The molecule has 10 heteroatoms. The van der Waals surface area contributed by atoms with Gasteiger partial charge in [-0.05, 0) is 59.3 Å². The molecule has 0 aliphatic heterocycles. The standard InChI is InChI=1S/C51H30N8S2/c1-4-15-31-30(14-1)26-53-48(31)45-42(38-24-28-12-2-6-17-33(28)54-38)43(39-25-29-13-3-7-18-34(29)56-58-39)44(40-27-52-36-20-9-10-21-37(36)55-40)51-46(45)47(50(61-51)41-22-11-23-60-41)49-32-16-5-8-19-35(32)57-59-49/h1-27,53-54H,(H,57,59). The summed E-state index contributed by atoms with van der Waals surface area (Å²) in [5.41, 5.74) is 13.7. The molecule has 8 nitrogen and oxygen atoms in total. The lowest BCUT2D eigenvalue weighted by Crippen LogP contribution is -2.01. The molecule has 286 valence electrons. The van der Waals surface area contributed by atoms with Crippen molar-refractivity contribution in [3.05, 3.63) is 163 Å². The van der Waals surface area contributed by atoms with Gasteiger partial charge in [0, 0.05) is 81.7 Å². The summed E-state index contributed by atoms with van der Waals surface area (Å²) in [6, 6.07) is 50.4. The van der Waals surface area contributed by atoms with Gasteiger partial charge in [0.15, 0.2) is 0 Å². The van der Waals surface area contributed by atoms with Crippen molar-refractivity contribution in [1.82, 2.24) is 40.3 Å². The lowest BCUT2D eigenvalue weighted by molar-refractivity contribution is 1.08. The second-order valence-corrected chi connectivity index (χ2v) is 17.1. The lowest BCUT2D eigenvalue weighted by Gasteiger charge is -2.21. The molecule has 0 amide bonds. The Morgan fingerprint density at radius 2 is 1.30 bits per heavy atom. The van der Waals surface area contributed by atoms with Gasteiger partial charge in [-0.15, -0.1) is 32.9 Å². The smallest absolute Gasteiger partial charge is 0.102 e. The summed E-state index contributed by atoms with van der Waals surface area (Å²) in [7, 11) is 0. The van der Waals surface area contributed by atoms with Gasteiger partial charge in [0.1, 0.15) is 5.69 Å². The summed E-state index contributed by atoms with van der Waals surface area (Å²) in [6.45, 7) is 0. The highest BCUT2D eigenvalue weighted by Crippen LogP contribution is 2.58. The summed E-state index contributed by atoms with van der Waals surface area (Å²) in [5.74, 6) is 0. The Morgan fingerprint density at radius 3 is 2.15 bits per heavy atom. The maximum atomic E-state index is 5.44. The average molecular weight is 819 g/mol. The monoisotopic (exact) mass is 818 g/mol. The first kappa shape index (κ1) is 34.1. The highest BCUT2D eigenvalue weighted by molar-refractivity contribution is 7.27. The van der Waals surface area contributed by atoms with E-state index in [0.717, 1.165) is 131 Å². The molecule has 6 aromatic carbocycles. The summed E-state index contributed by atoms with van der Waals surface area (Å²) in [4.78, 5) is 20.5. The zero-order valence-corrected chi connectivity index (χ0v) is 33.8. The van der Waals surface area contributed by atoms with E-state index in [0.29, 0.717) is 0 Å². The van der Waals surface area contributed by atoms with E-state index in [2.05, 4.69) is 130 Å². The first-order valence-corrected chi connectivity index (χ1v) is 21.7. The third-order valence-corrected chi connectivity index (χ3v) is 14.0. The Labute approximate surface area is 355 Å². The Kier molecular flexibility index (Phi) is 7.47.